The number of rotatable bonds is 4. The Balaban J connectivity index is 1.57. The van der Waals surface area contributed by atoms with Gasteiger partial charge in [0.05, 0.1) is 5.69 Å². The number of hydrogen-bond donors (Lipinski definition) is 2. The van der Waals surface area contributed by atoms with Crippen molar-refractivity contribution >= 4 is 17.5 Å². The summed E-state index contributed by atoms with van der Waals surface area (Å²) in [6, 6.07) is 14.7. The Morgan fingerprint density at radius 2 is 2.00 bits per heavy atom. The third-order valence-corrected chi connectivity index (χ3v) is 3.41. The van der Waals surface area contributed by atoms with Crippen LogP contribution >= 0.6 is 0 Å². The van der Waals surface area contributed by atoms with Crippen LogP contribution < -0.4 is 15.4 Å². The number of anilines is 1. The van der Waals surface area contributed by atoms with Gasteiger partial charge < -0.3 is 15.4 Å². The van der Waals surface area contributed by atoms with E-state index in [0.29, 0.717) is 30.0 Å². The van der Waals surface area contributed by atoms with Crippen molar-refractivity contribution in [3.05, 3.63) is 59.7 Å². The Bertz CT molecular complexity index is 698. The molecule has 1 aliphatic rings. The van der Waals surface area contributed by atoms with Crippen molar-refractivity contribution in [1.29, 1.82) is 0 Å². The lowest BCUT2D eigenvalue weighted by Gasteiger charge is -2.18. The van der Waals surface area contributed by atoms with Crippen molar-refractivity contribution < 1.29 is 14.3 Å². The molecule has 3 rings (SSSR count). The molecule has 1 aliphatic heterocycles. The largest absolute Gasteiger partial charge is 0.482 e. The number of benzene rings is 2. The van der Waals surface area contributed by atoms with Crippen LogP contribution in [-0.4, -0.2) is 25.0 Å². The van der Waals surface area contributed by atoms with Crippen LogP contribution in [0.2, 0.25) is 0 Å². The van der Waals surface area contributed by atoms with E-state index >= 15 is 0 Å². The maximum Gasteiger partial charge on any atom is 0.262 e. The summed E-state index contributed by atoms with van der Waals surface area (Å²) in [6.45, 7) is 0.584. The first-order chi connectivity index (χ1) is 10.7. The molecule has 2 amide bonds. The lowest BCUT2D eigenvalue weighted by atomic mass is 10.1. The quantitative estimate of drug-likeness (QED) is 0.906. The Hall–Kier alpha value is -2.82. The second-order valence-corrected chi connectivity index (χ2v) is 5.04. The van der Waals surface area contributed by atoms with Crippen molar-refractivity contribution in [3.63, 3.8) is 0 Å². The van der Waals surface area contributed by atoms with Gasteiger partial charge in [-0.15, -0.1) is 0 Å². The SMILES string of the molecule is O=C1COc2ccc(CCNC(=O)c3ccccc3)cc2N1. The van der Waals surface area contributed by atoms with Crippen LogP contribution in [0.15, 0.2) is 48.5 Å². The highest BCUT2D eigenvalue weighted by Crippen LogP contribution is 2.28. The lowest BCUT2D eigenvalue weighted by Crippen LogP contribution is -2.26. The van der Waals surface area contributed by atoms with Crippen molar-refractivity contribution in [1.82, 2.24) is 5.32 Å². The average molecular weight is 296 g/mol. The van der Waals surface area contributed by atoms with E-state index in [1.807, 2.05) is 36.4 Å². The van der Waals surface area contributed by atoms with E-state index in [9.17, 15) is 9.59 Å². The van der Waals surface area contributed by atoms with Gasteiger partial charge >= 0.3 is 0 Å². The van der Waals surface area contributed by atoms with Crippen LogP contribution in [0.4, 0.5) is 5.69 Å². The van der Waals surface area contributed by atoms with Crippen molar-refractivity contribution in [2.24, 2.45) is 0 Å². The van der Waals surface area contributed by atoms with Gasteiger partial charge in [0.2, 0.25) is 0 Å². The number of hydrogen-bond acceptors (Lipinski definition) is 3. The predicted molar refractivity (Wildman–Crippen MR) is 83.0 cm³/mol. The van der Waals surface area contributed by atoms with E-state index in [0.717, 1.165) is 5.56 Å². The van der Waals surface area contributed by atoms with E-state index in [1.165, 1.54) is 0 Å². The first kappa shape index (κ1) is 14.1. The molecule has 112 valence electrons. The first-order valence-electron chi connectivity index (χ1n) is 7.11. The molecule has 0 aliphatic carbocycles. The summed E-state index contributed by atoms with van der Waals surface area (Å²) in [5.74, 6) is 0.439. The zero-order valence-corrected chi connectivity index (χ0v) is 12.0. The monoisotopic (exact) mass is 296 g/mol. The van der Waals surface area contributed by atoms with Crippen LogP contribution in [-0.2, 0) is 11.2 Å². The Morgan fingerprint density at radius 3 is 2.82 bits per heavy atom. The average Bonchev–Trinajstić information content (AvgIpc) is 2.55. The van der Waals surface area contributed by atoms with Crippen LogP contribution in [0.1, 0.15) is 15.9 Å². The maximum absolute atomic E-state index is 11.9. The van der Waals surface area contributed by atoms with E-state index in [4.69, 9.17) is 4.74 Å². The van der Waals surface area contributed by atoms with Crippen molar-refractivity contribution in [2.75, 3.05) is 18.5 Å². The van der Waals surface area contributed by atoms with E-state index in [-0.39, 0.29) is 18.4 Å². The summed E-state index contributed by atoms with van der Waals surface area (Å²) >= 11 is 0. The van der Waals surface area contributed by atoms with Gasteiger partial charge in [0.1, 0.15) is 5.75 Å². The molecule has 2 aromatic rings. The van der Waals surface area contributed by atoms with Gasteiger partial charge in [-0.05, 0) is 36.2 Å². The van der Waals surface area contributed by atoms with E-state index < -0.39 is 0 Å². The molecule has 0 fully saturated rings. The molecule has 0 unspecified atom stereocenters. The van der Waals surface area contributed by atoms with Crippen LogP contribution in [0, 0.1) is 0 Å². The van der Waals surface area contributed by atoms with Gasteiger partial charge in [-0.2, -0.15) is 0 Å². The van der Waals surface area contributed by atoms with Gasteiger partial charge in [-0.25, -0.2) is 0 Å². The minimum absolute atomic E-state index is 0.0550. The van der Waals surface area contributed by atoms with Crippen LogP contribution in [0.3, 0.4) is 0 Å². The molecule has 0 spiro atoms. The zero-order valence-electron chi connectivity index (χ0n) is 12.0. The standard InChI is InChI=1S/C17H16N2O3/c20-16-11-22-15-7-6-12(10-14(15)19-16)8-9-18-17(21)13-4-2-1-3-5-13/h1-7,10H,8-9,11H2,(H,18,21)(H,19,20). The molecular weight excluding hydrogens is 280 g/mol. The molecule has 0 aromatic heterocycles. The van der Waals surface area contributed by atoms with Crippen LogP contribution in [0.5, 0.6) is 5.75 Å². The third kappa shape index (κ3) is 3.25. The molecule has 0 bridgehead atoms. The molecular formula is C17H16N2O3. The van der Waals surface area contributed by atoms with Gasteiger partial charge in [-0.3, -0.25) is 9.59 Å². The summed E-state index contributed by atoms with van der Waals surface area (Å²) in [6.07, 6.45) is 0.682. The number of carbonyl (C=O) groups excluding carboxylic acids is 2. The fourth-order valence-corrected chi connectivity index (χ4v) is 2.30. The first-order valence-corrected chi connectivity index (χ1v) is 7.11. The number of amides is 2. The summed E-state index contributed by atoms with van der Waals surface area (Å²) in [5.41, 5.74) is 2.36. The predicted octanol–water partition coefficient (Wildman–Crippen LogP) is 1.99. The van der Waals surface area contributed by atoms with E-state index in [2.05, 4.69) is 10.6 Å². The smallest absolute Gasteiger partial charge is 0.262 e. The zero-order chi connectivity index (χ0) is 15.4. The molecule has 22 heavy (non-hydrogen) atoms. The highest BCUT2D eigenvalue weighted by Gasteiger charge is 2.15. The van der Waals surface area contributed by atoms with E-state index in [1.54, 1.807) is 12.1 Å². The molecule has 0 saturated heterocycles. The Labute approximate surface area is 128 Å². The van der Waals surface area contributed by atoms with Crippen LogP contribution in [0.25, 0.3) is 0 Å². The van der Waals surface area contributed by atoms with Crippen molar-refractivity contribution in [3.8, 4) is 5.75 Å². The number of ether oxygens (including phenoxy) is 1. The molecule has 2 aromatic carbocycles. The molecule has 0 saturated carbocycles. The molecule has 0 atom stereocenters. The molecule has 0 radical (unpaired) electrons. The number of carbonyl (C=O) groups is 2. The third-order valence-electron chi connectivity index (χ3n) is 3.41. The van der Waals surface area contributed by atoms with Gasteiger partial charge in [0.25, 0.3) is 11.8 Å². The Kier molecular flexibility index (Phi) is 4.05. The highest BCUT2D eigenvalue weighted by atomic mass is 16.5. The van der Waals surface area contributed by atoms with Gasteiger partial charge in [-0.1, -0.05) is 24.3 Å². The molecule has 2 N–H and O–H groups in total. The van der Waals surface area contributed by atoms with Crippen molar-refractivity contribution in [2.45, 2.75) is 6.42 Å². The molecule has 5 heteroatoms. The Morgan fingerprint density at radius 1 is 1.18 bits per heavy atom. The highest BCUT2D eigenvalue weighted by molar-refractivity contribution is 5.95. The number of fused-ring (bicyclic) bond motifs is 1. The topological polar surface area (TPSA) is 67.4 Å². The molecule has 5 nitrogen and oxygen atoms in total. The lowest BCUT2D eigenvalue weighted by molar-refractivity contribution is -0.118. The summed E-state index contributed by atoms with van der Waals surface area (Å²) in [5, 5.41) is 5.65. The second-order valence-electron chi connectivity index (χ2n) is 5.04. The molecule has 1 heterocycles. The minimum atomic E-state index is -0.151. The second kappa shape index (κ2) is 6.30. The fourth-order valence-electron chi connectivity index (χ4n) is 2.30. The number of nitrogens with one attached hydrogen (secondary N) is 2. The summed E-state index contributed by atoms with van der Waals surface area (Å²) in [7, 11) is 0. The maximum atomic E-state index is 11.9. The normalized spacial score (nSPS) is 12.8. The van der Waals surface area contributed by atoms with Gasteiger partial charge in [0, 0.05) is 12.1 Å². The summed E-state index contributed by atoms with van der Waals surface area (Å²) in [4.78, 5) is 23.2. The van der Waals surface area contributed by atoms with Gasteiger partial charge in [0.15, 0.2) is 6.61 Å². The fraction of sp³-hybridized carbons (Fsp3) is 0.176. The minimum Gasteiger partial charge on any atom is -0.482 e. The summed E-state index contributed by atoms with van der Waals surface area (Å²) < 4.78 is 5.31.